The highest BCUT2D eigenvalue weighted by Gasteiger charge is 2.29. The van der Waals surface area contributed by atoms with Crippen molar-refractivity contribution in [2.45, 2.75) is 38.1 Å². The van der Waals surface area contributed by atoms with E-state index < -0.39 is 0 Å². The van der Waals surface area contributed by atoms with E-state index in [0.29, 0.717) is 11.3 Å². The molecule has 0 atom stereocenters. The summed E-state index contributed by atoms with van der Waals surface area (Å²) in [6.07, 6.45) is 6.52. The highest BCUT2D eigenvalue weighted by Crippen LogP contribution is 2.39. The molecule has 0 radical (unpaired) electrons. The van der Waals surface area contributed by atoms with Gasteiger partial charge in [0.15, 0.2) is 5.65 Å². The van der Waals surface area contributed by atoms with Gasteiger partial charge >= 0.3 is 0 Å². The topological polar surface area (TPSA) is 63.8 Å². The molecule has 4 rings (SSSR count). The molecule has 0 spiro atoms. The lowest BCUT2D eigenvalue weighted by molar-refractivity contribution is 0.456. The highest BCUT2D eigenvalue weighted by molar-refractivity contribution is 5.79. The molecule has 0 unspecified atom stereocenters. The molecule has 17 heavy (non-hydrogen) atoms. The fourth-order valence-electron chi connectivity index (χ4n) is 2.16. The molecular weight excluding hydrogens is 216 g/mol. The predicted octanol–water partition coefficient (Wildman–Crippen LogP) is 1.82. The molecule has 2 heterocycles. The Hall–Kier alpha value is -1.65. The summed E-state index contributed by atoms with van der Waals surface area (Å²) in [6.45, 7) is 0.921. The molecule has 0 saturated heterocycles. The number of rotatable bonds is 3. The molecule has 2 aliphatic carbocycles. The summed E-state index contributed by atoms with van der Waals surface area (Å²) in [4.78, 5) is 8.73. The van der Waals surface area contributed by atoms with Crippen LogP contribution < -0.4 is 0 Å². The van der Waals surface area contributed by atoms with Crippen LogP contribution in [0.1, 0.15) is 37.4 Å². The number of nitrogens with zero attached hydrogens (tertiary/aromatic N) is 4. The van der Waals surface area contributed by atoms with Crippen LogP contribution in [-0.2, 0) is 6.54 Å². The van der Waals surface area contributed by atoms with Crippen LogP contribution >= 0.6 is 0 Å². The van der Waals surface area contributed by atoms with Crippen LogP contribution in [0, 0.1) is 5.92 Å². The molecule has 1 N–H and O–H groups in total. The van der Waals surface area contributed by atoms with Crippen LogP contribution in [0.25, 0.3) is 11.0 Å². The van der Waals surface area contributed by atoms with Crippen molar-refractivity contribution >= 4 is 11.0 Å². The van der Waals surface area contributed by atoms with Gasteiger partial charge in [0.2, 0.25) is 5.88 Å². The van der Waals surface area contributed by atoms with Crippen molar-refractivity contribution in [3.8, 4) is 5.88 Å². The molecule has 0 amide bonds. The van der Waals surface area contributed by atoms with Crippen LogP contribution in [0.15, 0.2) is 6.20 Å². The van der Waals surface area contributed by atoms with Crippen molar-refractivity contribution in [3.05, 3.63) is 12.0 Å². The Kier molecular flexibility index (Phi) is 1.76. The van der Waals surface area contributed by atoms with E-state index in [1.165, 1.54) is 12.8 Å². The maximum Gasteiger partial charge on any atom is 0.225 e. The van der Waals surface area contributed by atoms with Gasteiger partial charge < -0.3 is 5.11 Å². The average Bonchev–Trinajstić information content (AvgIpc) is 3.20. The van der Waals surface area contributed by atoms with Crippen molar-refractivity contribution in [1.29, 1.82) is 0 Å². The van der Waals surface area contributed by atoms with Gasteiger partial charge in [-0.3, -0.25) is 0 Å². The van der Waals surface area contributed by atoms with Gasteiger partial charge in [-0.15, -0.1) is 0 Å². The molecule has 2 aromatic heterocycles. The molecule has 2 aromatic rings. The van der Waals surface area contributed by atoms with Gasteiger partial charge in [-0.25, -0.2) is 9.67 Å². The van der Waals surface area contributed by atoms with E-state index in [-0.39, 0.29) is 5.88 Å². The second-order valence-corrected chi connectivity index (χ2v) is 5.19. The quantitative estimate of drug-likeness (QED) is 0.873. The third-order valence-corrected chi connectivity index (χ3v) is 3.56. The van der Waals surface area contributed by atoms with Crippen molar-refractivity contribution in [1.82, 2.24) is 19.7 Å². The molecule has 88 valence electrons. The molecule has 5 nitrogen and oxygen atoms in total. The zero-order chi connectivity index (χ0) is 11.4. The van der Waals surface area contributed by atoms with Crippen molar-refractivity contribution in [2.24, 2.45) is 5.92 Å². The number of aromatic nitrogens is 4. The molecular formula is C12H14N4O. The smallest absolute Gasteiger partial charge is 0.225 e. The van der Waals surface area contributed by atoms with Gasteiger partial charge in [-0.05, 0) is 31.6 Å². The number of hydrogen-bond donors (Lipinski definition) is 1. The minimum atomic E-state index is 0.0824. The standard InChI is InChI=1S/C12H14N4O/c17-12-9-5-13-16(6-7-1-2-7)11(9)14-10(15-12)8-3-4-8/h5,7-8H,1-4,6H2,(H,14,15,17). The minimum Gasteiger partial charge on any atom is -0.493 e. The first-order chi connectivity index (χ1) is 8.31. The van der Waals surface area contributed by atoms with Crippen LogP contribution in [0.5, 0.6) is 5.88 Å². The lowest BCUT2D eigenvalue weighted by Gasteiger charge is -2.03. The molecule has 0 bridgehead atoms. The Morgan fingerprint density at radius 1 is 1.24 bits per heavy atom. The van der Waals surface area contributed by atoms with Crippen molar-refractivity contribution < 1.29 is 5.11 Å². The summed E-state index contributed by atoms with van der Waals surface area (Å²) in [5.74, 6) is 2.07. The summed E-state index contributed by atoms with van der Waals surface area (Å²) in [5, 5.41) is 14.9. The Morgan fingerprint density at radius 2 is 2.06 bits per heavy atom. The molecule has 0 aromatic carbocycles. The van der Waals surface area contributed by atoms with Gasteiger partial charge in [-0.1, -0.05) is 0 Å². The van der Waals surface area contributed by atoms with Crippen LogP contribution in [0.2, 0.25) is 0 Å². The summed E-state index contributed by atoms with van der Waals surface area (Å²) in [5.41, 5.74) is 0.798. The van der Waals surface area contributed by atoms with E-state index in [1.54, 1.807) is 6.20 Å². The number of hydrogen-bond acceptors (Lipinski definition) is 4. The SMILES string of the molecule is Oc1nc(C2CC2)nc2c1cnn2CC1CC1. The van der Waals surface area contributed by atoms with Crippen LogP contribution in [-0.4, -0.2) is 24.9 Å². The zero-order valence-corrected chi connectivity index (χ0v) is 9.50. The summed E-state index contributed by atoms with van der Waals surface area (Å²) < 4.78 is 1.92. The second kappa shape index (κ2) is 3.18. The maximum absolute atomic E-state index is 9.89. The fourth-order valence-corrected chi connectivity index (χ4v) is 2.16. The van der Waals surface area contributed by atoms with Gasteiger partial charge in [0.25, 0.3) is 0 Å². The van der Waals surface area contributed by atoms with Gasteiger partial charge in [0.05, 0.1) is 6.20 Å². The lowest BCUT2D eigenvalue weighted by atomic mass is 10.3. The molecule has 0 aliphatic heterocycles. The third kappa shape index (κ3) is 1.57. The number of aromatic hydroxyl groups is 1. The number of fused-ring (bicyclic) bond motifs is 1. The Morgan fingerprint density at radius 3 is 2.76 bits per heavy atom. The summed E-state index contributed by atoms with van der Waals surface area (Å²) in [7, 11) is 0. The maximum atomic E-state index is 9.89. The summed E-state index contributed by atoms with van der Waals surface area (Å²) in [6, 6.07) is 0. The Balaban J connectivity index is 1.84. The molecule has 5 heteroatoms. The fraction of sp³-hybridized carbons (Fsp3) is 0.583. The Bertz CT molecular complexity index is 583. The first-order valence-corrected chi connectivity index (χ1v) is 6.23. The minimum absolute atomic E-state index is 0.0824. The average molecular weight is 230 g/mol. The third-order valence-electron chi connectivity index (χ3n) is 3.56. The second-order valence-electron chi connectivity index (χ2n) is 5.19. The van der Waals surface area contributed by atoms with Gasteiger partial charge in [0, 0.05) is 12.5 Å². The van der Waals surface area contributed by atoms with Gasteiger partial charge in [0.1, 0.15) is 11.2 Å². The van der Waals surface area contributed by atoms with E-state index in [2.05, 4.69) is 15.1 Å². The monoisotopic (exact) mass is 230 g/mol. The largest absolute Gasteiger partial charge is 0.493 e. The van der Waals surface area contributed by atoms with E-state index in [9.17, 15) is 5.11 Å². The molecule has 2 aliphatic rings. The van der Waals surface area contributed by atoms with Gasteiger partial charge in [-0.2, -0.15) is 10.1 Å². The summed E-state index contributed by atoms with van der Waals surface area (Å²) >= 11 is 0. The van der Waals surface area contributed by atoms with E-state index in [4.69, 9.17) is 0 Å². The van der Waals surface area contributed by atoms with E-state index in [1.807, 2.05) is 4.68 Å². The Labute approximate surface area is 98.5 Å². The first-order valence-electron chi connectivity index (χ1n) is 6.23. The molecule has 2 saturated carbocycles. The van der Waals surface area contributed by atoms with Crippen molar-refractivity contribution in [2.75, 3.05) is 0 Å². The van der Waals surface area contributed by atoms with Crippen LogP contribution in [0.3, 0.4) is 0 Å². The lowest BCUT2D eigenvalue weighted by Crippen LogP contribution is -2.04. The van der Waals surface area contributed by atoms with Crippen molar-refractivity contribution in [3.63, 3.8) is 0 Å². The normalized spacial score (nSPS) is 20.0. The predicted molar refractivity (Wildman–Crippen MR) is 61.7 cm³/mol. The van der Waals surface area contributed by atoms with E-state index >= 15 is 0 Å². The zero-order valence-electron chi connectivity index (χ0n) is 9.50. The molecule has 2 fully saturated rings. The van der Waals surface area contributed by atoms with Crippen LogP contribution in [0.4, 0.5) is 0 Å². The highest BCUT2D eigenvalue weighted by atomic mass is 16.3. The first kappa shape index (κ1) is 9.39. The van der Waals surface area contributed by atoms with E-state index in [0.717, 1.165) is 36.8 Å².